The number of rotatable bonds is 3. The van der Waals surface area contributed by atoms with Crippen LogP contribution in [0.4, 0.5) is 0 Å². The highest BCUT2D eigenvalue weighted by molar-refractivity contribution is 5.98. The number of ether oxygens (including phenoxy) is 1. The predicted octanol–water partition coefficient (Wildman–Crippen LogP) is 0.0650. The summed E-state index contributed by atoms with van der Waals surface area (Å²) in [5.41, 5.74) is -1.87. The average Bonchev–Trinajstić information content (AvgIpc) is 2.56. The Balaban J connectivity index is 2.30. The van der Waals surface area contributed by atoms with Gasteiger partial charge in [-0.15, -0.1) is 0 Å². The number of carboxylic acid groups (broad SMARTS) is 1. The first-order valence-electron chi connectivity index (χ1n) is 6.08. The number of carbonyl (C=O) groups excluding carboxylic acids is 3. The van der Waals surface area contributed by atoms with Gasteiger partial charge >= 0.3 is 5.97 Å². The standard InChI is InChI=1S/C13H18O5/c1-11(2)12(3)4-5-13(11,6-8(12)14)10(17)18-7-9(15)16/h4-7H2,1-3H3,(H,15,16)/p-1. The molecule has 0 aromatic rings. The molecule has 0 aromatic heterocycles. The van der Waals surface area contributed by atoms with Crippen molar-refractivity contribution in [2.24, 2.45) is 16.2 Å². The molecule has 0 amide bonds. The molecule has 0 spiro atoms. The monoisotopic (exact) mass is 253 g/mol. The van der Waals surface area contributed by atoms with Crippen LogP contribution in [0.15, 0.2) is 0 Å². The largest absolute Gasteiger partial charge is 0.546 e. The molecule has 0 radical (unpaired) electrons. The lowest BCUT2D eigenvalue weighted by Gasteiger charge is -2.37. The molecule has 0 heterocycles. The number of carbonyl (C=O) groups is 3. The lowest BCUT2D eigenvalue weighted by atomic mass is 9.65. The van der Waals surface area contributed by atoms with E-state index >= 15 is 0 Å². The minimum absolute atomic E-state index is 0.0733. The Morgan fingerprint density at radius 3 is 2.28 bits per heavy atom. The molecule has 2 bridgehead atoms. The van der Waals surface area contributed by atoms with Crippen molar-refractivity contribution < 1.29 is 24.2 Å². The van der Waals surface area contributed by atoms with Gasteiger partial charge in [-0.2, -0.15) is 0 Å². The van der Waals surface area contributed by atoms with Gasteiger partial charge in [0.15, 0.2) is 0 Å². The molecule has 18 heavy (non-hydrogen) atoms. The molecule has 5 nitrogen and oxygen atoms in total. The first-order valence-corrected chi connectivity index (χ1v) is 6.08. The van der Waals surface area contributed by atoms with Crippen LogP contribution in [0.25, 0.3) is 0 Å². The fourth-order valence-electron chi connectivity index (χ4n) is 3.58. The van der Waals surface area contributed by atoms with E-state index in [1.807, 2.05) is 20.8 Å². The first-order chi connectivity index (χ1) is 8.17. The zero-order valence-corrected chi connectivity index (χ0v) is 10.9. The van der Waals surface area contributed by atoms with E-state index in [9.17, 15) is 19.5 Å². The third-order valence-electron chi connectivity index (χ3n) is 5.42. The Hall–Kier alpha value is -1.39. The molecule has 5 heteroatoms. The van der Waals surface area contributed by atoms with Crippen LogP contribution in [0.2, 0.25) is 0 Å². The minimum atomic E-state index is -1.43. The van der Waals surface area contributed by atoms with Crippen molar-refractivity contribution in [1.29, 1.82) is 0 Å². The second-order valence-corrected chi connectivity index (χ2v) is 6.09. The number of fused-ring (bicyclic) bond motifs is 2. The second kappa shape index (κ2) is 3.56. The SMILES string of the molecule is CC12CCC(C(=O)OCC(=O)[O-])(CC1=O)C2(C)C. The van der Waals surface area contributed by atoms with Crippen LogP contribution in [0.3, 0.4) is 0 Å². The Morgan fingerprint density at radius 1 is 1.28 bits per heavy atom. The van der Waals surface area contributed by atoms with Crippen molar-refractivity contribution in [2.45, 2.75) is 40.0 Å². The maximum Gasteiger partial charge on any atom is 0.313 e. The second-order valence-electron chi connectivity index (χ2n) is 6.09. The van der Waals surface area contributed by atoms with Crippen LogP contribution in [0.1, 0.15) is 40.0 Å². The normalized spacial score (nSPS) is 36.7. The van der Waals surface area contributed by atoms with Crippen LogP contribution in [0.5, 0.6) is 0 Å². The Morgan fingerprint density at radius 2 is 1.89 bits per heavy atom. The molecular formula is C13H17O5-. The quantitative estimate of drug-likeness (QED) is 0.664. The fraction of sp³-hybridized carbons (Fsp3) is 0.769. The summed E-state index contributed by atoms with van der Waals surface area (Å²) in [5.74, 6) is -1.93. The molecule has 2 aliphatic carbocycles. The third-order valence-corrected chi connectivity index (χ3v) is 5.42. The molecular weight excluding hydrogens is 236 g/mol. The van der Waals surface area contributed by atoms with Gasteiger partial charge in [0.1, 0.15) is 12.4 Å². The van der Waals surface area contributed by atoms with Gasteiger partial charge in [-0.05, 0) is 18.3 Å². The number of aliphatic carboxylic acids is 1. The zero-order chi connectivity index (χ0) is 13.8. The number of ketones is 1. The van der Waals surface area contributed by atoms with Crippen molar-refractivity contribution in [1.82, 2.24) is 0 Å². The molecule has 2 rings (SSSR count). The van der Waals surface area contributed by atoms with Crippen LogP contribution < -0.4 is 5.11 Å². The number of hydrogen-bond donors (Lipinski definition) is 0. The topological polar surface area (TPSA) is 83.5 Å². The molecule has 2 unspecified atom stereocenters. The summed E-state index contributed by atoms with van der Waals surface area (Å²) < 4.78 is 4.78. The van der Waals surface area contributed by atoms with Crippen LogP contribution in [-0.4, -0.2) is 24.3 Å². The maximum absolute atomic E-state index is 12.2. The maximum atomic E-state index is 12.2. The van der Waals surface area contributed by atoms with E-state index < -0.39 is 34.8 Å². The molecule has 100 valence electrons. The van der Waals surface area contributed by atoms with Crippen molar-refractivity contribution >= 4 is 17.7 Å². The molecule has 0 aromatic carbocycles. The molecule has 0 aliphatic heterocycles. The number of carboxylic acids is 1. The smallest absolute Gasteiger partial charge is 0.313 e. The molecule has 0 saturated heterocycles. The van der Waals surface area contributed by atoms with E-state index in [1.54, 1.807) is 0 Å². The number of esters is 1. The van der Waals surface area contributed by atoms with E-state index in [4.69, 9.17) is 4.74 Å². The van der Waals surface area contributed by atoms with Crippen molar-refractivity contribution in [3.63, 3.8) is 0 Å². The van der Waals surface area contributed by atoms with E-state index in [2.05, 4.69) is 0 Å². The highest BCUT2D eigenvalue weighted by Crippen LogP contribution is 2.70. The Bertz CT molecular complexity index is 439. The third kappa shape index (κ3) is 1.30. The summed E-state index contributed by atoms with van der Waals surface area (Å²) >= 11 is 0. The van der Waals surface area contributed by atoms with E-state index in [-0.39, 0.29) is 12.2 Å². The summed E-state index contributed by atoms with van der Waals surface area (Å²) in [7, 11) is 0. The molecule has 2 atom stereocenters. The summed E-state index contributed by atoms with van der Waals surface area (Å²) in [4.78, 5) is 34.6. The lowest BCUT2D eigenvalue weighted by molar-refractivity contribution is -0.309. The highest BCUT2D eigenvalue weighted by Gasteiger charge is 2.73. The average molecular weight is 253 g/mol. The molecule has 2 saturated carbocycles. The van der Waals surface area contributed by atoms with Gasteiger partial charge < -0.3 is 14.6 Å². The summed E-state index contributed by atoms with van der Waals surface area (Å²) in [6, 6.07) is 0. The van der Waals surface area contributed by atoms with Gasteiger partial charge in [0.25, 0.3) is 0 Å². The fourth-order valence-corrected chi connectivity index (χ4v) is 3.58. The van der Waals surface area contributed by atoms with Gasteiger partial charge in [0.2, 0.25) is 0 Å². The molecule has 2 fully saturated rings. The van der Waals surface area contributed by atoms with Gasteiger partial charge in [-0.3, -0.25) is 9.59 Å². The number of hydrogen-bond acceptors (Lipinski definition) is 5. The number of Topliss-reactive ketones (excluding diaryl/α,β-unsaturated/α-hetero) is 1. The van der Waals surface area contributed by atoms with E-state index in [0.29, 0.717) is 12.8 Å². The van der Waals surface area contributed by atoms with Crippen LogP contribution in [0, 0.1) is 16.2 Å². The minimum Gasteiger partial charge on any atom is -0.546 e. The first kappa shape index (κ1) is 13.1. The van der Waals surface area contributed by atoms with Gasteiger partial charge in [-0.25, -0.2) is 0 Å². The van der Waals surface area contributed by atoms with Crippen molar-refractivity contribution in [3.05, 3.63) is 0 Å². The summed E-state index contributed by atoms with van der Waals surface area (Å²) in [5, 5.41) is 10.4. The van der Waals surface area contributed by atoms with E-state index in [1.165, 1.54) is 0 Å². The van der Waals surface area contributed by atoms with Gasteiger partial charge in [0, 0.05) is 11.8 Å². The van der Waals surface area contributed by atoms with Crippen molar-refractivity contribution in [2.75, 3.05) is 6.61 Å². The van der Waals surface area contributed by atoms with Gasteiger partial charge in [-0.1, -0.05) is 20.8 Å². The Labute approximate surface area is 105 Å². The van der Waals surface area contributed by atoms with Crippen LogP contribution >= 0.6 is 0 Å². The highest BCUT2D eigenvalue weighted by atomic mass is 16.6. The molecule has 0 N–H and O–H groups in total. The lowest BCUT2D eigenvalue weighted by Crippen LogP contribution is -2.43. The van der Waals surface area contributed by atoms with Crippen molar-refractivity contribution in [3.8, 4) is 0 Å². The van der Waals surface area contributed by atoms with E-state index in [0.717, 1.165) is 0 Å². The summed E-state index contributed by atoms with van der Waals surface area (Å²) in [6.07, 6.45) is 1.38. The molecule has 2 aliphatic rings. The predicted molar refractivity (Wildman–Crippen MR) is 59.1 cm³/mol. The Kier molecular flexibility index (Phi) is 2.58. The zero-order valence-electron chi connectivity index (χ0n) is 10.9. The van der Waals surface area contributed by atoms with Gasteiger partial charge in [0.05, 0.1) is 11.4 Å². The van der Waals surface area contributed by atoms with Crippen LogP contribution in [-0.2, 0) is 19.1 Å². The summed E-state index contributed by atoms with van der Waals surface area (Å²) in [6.45, 7) is 4.92.